The molecule has 0 radical (unpaired) electrons. The van der Waals surface area contributed by atoms with E-state index in [2.05, 4.69) is 20.7 Å². The third-order valence-electron chi connectivity index (χ3n) is 5.37. The van der Waals surface area contributed by atoms with Crippen LogP contribution in [-0.2, 0) is 0 Å². The number of aromatic nitrogens is 3. The molecule has 2 aromatic heterocycles. The normalized spacial score (nSPS) is 21.2. The first-order valence-corrected chi connectivity index (χ1v) is 9.30. The predicted octanol–water partition coefficient (Wildman–Crippen LogP) is 3.39. The maximum absolute atomic E-state index is 13.3. The van der Waals surface area contributed by atoms with Crippen molar-refractivity contribution in [3.05, 3.63) is 24.0 Å². The summed E-state index contributed by atoms with van der Waals surface area (Å²) in [5, 5.41) is 10.4. The van der Waals surface area contributed by atoms with Gasteiger partial charge in [-0.15, -0.1) is 0 Å². The first-order chi connectivity index (χ1) is 12.5. The Morgan fingerprint density at radius 1 is 1.15 bits per heavy atom. The van der Waals surface area contributed by atoms with Gasteiger partial charge in [-0.25, -0.2) is 18.3 Å². The van der Waals surface area contributed by atoms with Crippen molar-refractivity contribution in [1.82, 2.24) is 19.9 Å². The van der Waals surface area contributed by atoms with Crippen LogP contribution in [0.3, 0.4) is 0 Å². The van der Waals surface area contributed by atoms with E-state index >= 15 is 0 Å². The molecule has 2 heterocycles. The first kappa shape index (κ1) is 17.2. The van der Waals surface area contributed by atoms with Crippen molar-refractivity contribution >= 4 is 17.4 Å². The van der Waals surface area contributed by atoms with Crippen molar-refractivity contribution in [1.29, 1.82) is 0 Å². The number of hydrogen-bond acceptors (Lipinski definition) is 4. The van der Waals surface area contributed by atoms with Gasteiger partial charge in [-0.05, 0) is 31.7 Å². The fourth-order valence-electron chi connectivity index (χ4n) is 3.84. The number of fused-ring (bicyclic) bond motifs is 1. The monoisotopic (exact) mass is 363 g/mol. The Morgan fingerprint density at radius 2 is 1.88 bits per heavy atom. The van der Waals surface area contributed by atoms with Gasteiger partial charge in [0, 0.05) is 31.1 Å². The molecule has 4 rings (SSSR count). The van der Waals surface area contributed by atoms with Crippen LogP contribution >= 0.6 is 0 Å². The lowest BCUT2D eigenvalue weighted by atomic mass is 9.92. The maximum atomic E-state index is 13.3. The second kappa shape index (κ2) is 6.81. The quantitative estimate of drug-likeness (QED) is 0.873. The highest BCUT2D eigenvalue weighted by molar-refractivity contribution is 5.99. The molecule has 0 spiro atoms. The van der Waals surface area contributed by atoms with Crippen LogP contribution in [0.2, 0.25) is 0 Å². The van der Waals surface area contributed by atoms with Gasteiger partial charge in [0.1, 0.15) is 11.4 Å². The van der Waals surface area contributed by atoms with Crippen molar-refractivity contribution in [2.45, 2.75) is 69.4 Å². The number of carbonyl (C=O) groups excluding carboxylic acids is 1. The summed E-state index contributed by atoms with van der Waals surface area (Å²) in [5.74, 6) is -2.18. The summed E-state index contributed by atoms with van der Waals surface area (Å²) < 4.78 is 28.1. The van der Waals surface area contributed by atoms with E-state index in [1.54, 1.807) is 10.7 Å². The number of anilines is 1. The van der Waals surface area contributed by atoms with Gasteiger partial charge in [0.15, 0.2) is 5.65 Å². The van der Waals surface area contributed by atoms with E-state index in [0.717, 1.165) is 18.7 Å². The molecule has 0 atom stereocenters. The molecule has 6 nitrogen and oxygen atoms in total. The third kappa shape index (κ3) is 3.64. The number of nitrogens with one attached hydrogen (secondary N) is 2. The summed E-state index contributed by atoms with van der Waals surface area (Å²) in [5.41, 5.74) is 0.851. The Balaban J connectivity index is 1.47. The topological polar surface area (TPSA) is 71.3 Å². The fourth-order valence-corrected chi connectivity index (χ4v) is 3.84. The Hall–Kier alpha value is -2.25. The third-order valence-corrected chi connectivity index (χ3v) is 5.37. The zero-order valence-electron chi connectivity index (χ0n) is 14.5. The lowest BCUT2D eigenvalue weighted by Gasteiger charge is -2.28. The van der Waals surface area contributed by atoms with Gasteiger partial charge in [-0.2, -0.15) is 5.10 Å². The van der Waals surface area contributed by atoms with Crippen molar-refractivity contribution in [2.24, 2.45) is 0 Å². The molecule has 26 heavy (non-hydrogen) atoms. The Morgan fingerprint density at radius 3 is 2.62 bits per heavy atom. The van der Waals surface area contributed by atoms with Crippen molar-refractivity contribution < 1.29 is 13.6 Å². The van der Waals surface area contributed by atoms with E-state index in [9.17, 15) is 13.6 Å². The van der Waals surface area contributed by atoms with Gasteiger partial charge < -0.3 is 10.6 Å². The van der Waals surface area contributed by atoms with Crippen molar-refractivity contribution in [3.63, 3.8) is 0 Å². The van der Waals surface area contributed by atoms with Crippen LogP contribution in [0.25, 0.3) is 5.65 Å². The molecule has 2 aromatic rings. The second-order valence-corrected chi connectivity index (χ2v) is 7.37. The number of carbonyl (C=O) groups is 1. The largest absolute Gasteiger partial charge is 0.367 e. The van der Waals surface area contributed by atoms with E-state index in [-0.39, 0.29) is 24.8 Å². The van der Waals surface area contributed by atoms with Crippen molar-refractivity contribution in [2.75, 3.05) is 5.32 Å². The molecule has 2 aliphatic rings. The molecule has 0 bridgehead atoms. The minimum atomic E-state index is -2.60. The van der Waals surface area contributed by atoms with Gasteiger partial charge in [-0.3, -0.25) is 4.79 Å². The highest BCUT2D eigenvalue weighted by Crippen LogP contribution is 2.33. The summed E-state index contributed by atoms with van der Waals surface area (Å²) in [4.78, 5) is 17.1. The number of hydrogen-bond donors (Lipinski definition) is 2. The minimum Gasteiger partial charge on any atom is -0.367 e. The SMILES string of the molecule is O=C(NC1CCC(F)(F)CC1)c1cnn2ccc(NC3CCCC3)nc12. The van der Waals surface area contributed by atoms with Gasteiger partial charge >= 0.3 is 0 Å². The maximum Gasteiger partial charge on any atom is 0.256 e. The second-order valence-electron chi connectivity index (χ2n) is 7.37. The van der Waals surface area contributed by atoms with Crippen LogP contribution in [-0.4, -0.2) is 38.5 Å². The van der Waals surface area contributed by atoms with Crippen LogP contribution < -0.4 is 10.6 Å². The van der Waals surface area contributed by atoms with E-state index in [4.69, 9.17) is 0 Å². The smallest absolute Gasteiger partial charge is 0.256 e. The van der Waals surface area contributed by atoms with Crippen LogP contribution in [0.4, 0.5) is 14.6 Å². The molecule has 0 aliphatic heterocycles. The molecule has 1 amide bonds. The zero-order chi connectivity index (χ0) is 18.1. The molecular weight excluding hydrogens is 340 g/mol. The number of halogens is 2. The Bertz CT molecular complexity index is 790. The van der Waals surface area contributed by atoms with Crippen molar-refractivity contribution in [3.8, 4) is 0 Å². The molecule has 2 fully saturated rings. The molecule has 2 saturated carbocycles. The van der Waals surface area contributed by atoms with Crippen LogP contribution in [0.1, 0.15) is 61.7 Å². The van der Waals surface area contributed by atoms with E-state index in [1.165, 1.54) is 19.0 Å². The average molecular weight is 363 g/mol. The van der Waals surface area contributed by atoms with Crippen LogP contribution in [0, 0.1) is 0 Å². The lowest BCUT2D eigenvalue weighted by molar-refractivity contribution is -0.0399. The molecule has 0 aromatic carbocycles. The summed E-state index contributed by atoms with van der Waals surface area (Å²) in [7, 11) is 0. The fraction of sp³-hybridized carbons (Fsp3) is 0.611. The molecule has 140 valence electrons. The molecule has 0 saturated heterocycles. The van der Waals surface area contributed by atoms with Gasteiger partial charge in [0.25, 0.3) is 5.91 Å². The molecule has 2 aliphatic carbocycles. The first-order valence-electron chi connectivity index (χ1n) is 9.30. The van der Waals surface area contributed by atoms with Gasteiger partial charge in [0.05, 0.1) is 6.20 Å². The Labute approximate surface area is 150 Å². The van der Waals surface area contributed by atoms with Crippen LogP contribution in [0.5, 0.6) is 0 Å². The zero-order valence-corrected chi connectivity index (χ0v) is 14.5. The summed E-state index contributed by atoms with van der Waals surface area (Å²) in [6, 6.07) is 2.05. The molecule has 8 heteroatoms. The number of amides is 1. The number of alkyl halides is 2. The summed E-state index contributed by atoms with van der Waals surface area (Å²) in [6.07, 6.45) is 8.19. The molecule has 0 unspecified atom stereocenters. The molecule has 2 N–H and O–H groups in total. The van der Waals surface area contributed by atoms with E-state index in [1.807, 2.05) is 6.07 Å². The van der Waals surface area contributed by atoms with Gasteiger partial charge in [-0.1, -0.05) is 12.8 Å². The molecular formula is C18H23F2N5O. The summed E-state index contributed by atoms with van der Waals surface area (Å²) in [6.45, 7) is 0. The van der Waals surface area contributed by atoms with E-state index < -0.39 is 5.92 Å². The van der Waals surface area contributed by atoms with Crippen LogP contribution in [0.15, 0.2) is 18.5 Å². The van der Waals surface area contributed by atoms with E-state index in [0.29, 0.717) is 30.1 Å². The number of rotatable bonds is 4. The predicted molar refractivity (Wildman–Crippen MR) is 93.5 cm³/mol. The Kier molecular flexibility index (Phi) is 4.50. The lowest BCUT2D eigenvalue weighted by Crippen LogP contribution is -2.40. The van der Waals surface area contributed by atoms with Gasteiger partial charge in [0.2, 0.25) is 5.92 Å². The average Bonchev–Trinajstić information content (AvgIpc) is 3.26. The summed E-state index contributed by atoms with van der Waals surface area (Å²) >= 11 is 0. The highest BCUT2D eigenvalue weighted by Gasteiger charge is 2.35. The standard InChI is InChI=1S/C18H23F2N5O/c19-18(20)8-5-13(6-9-18)23-17(26)14-11-21-25-10-7-15(24-16(14)25)22-12-3-1-2-4-12/h7,10-13H,1-6,8-9H2,(H,22,24)(H,23,26). The highest BCUT2D eigenvalue weighted by atomic mass is 19.3. The minimum absolute atomic E-state index is 0.180. The number of nitrogens with zero attached hydrogens (tertiary/aromatic N) is 3.